The zero-order valence-corrected chi connectivity index (χ0v) is 28.7. The normalized spacial score (nSPS) is 12.0. The molecule has 0 aliphatic heterocycles. The standard InChI is InChI=1S/C39H43N3S2/c1-9-12-21-31-28(8)44-36(30-22-15-13-19-26(30)6)35(31)34-24-29-20-14-16-23-33(29)42(34)39-37(43-27(7)17-10-2)32(18-11-3)40-38(41-39)25(4)5/h10,12-17,19-25H,7,9,11,18H2,1-6,8H3/b17-10-,21-12-. The fourth-order valence-electron chi connectivity index (χ4n) is 5.61. The fraction of sp³-hybridized carbons (Fsp3) is 0.282. The second-order valence-corrected chi connectivity index (χ2v) is 13.8. The number of hydrogen-bond acceptors (Lipinski definition) is 4. The molecule has 3 nitrogen and oxygen atoms in total. The molecule has 0 bridgehead atoms. The van der Waals surface area contributed by atoms with Gasteiger partial charge in [-0.25, -0.2) is 9.97 Å². The highest BCUT2D eigenvalue weighted by molar-refractivity contribution is 8.03. The number of benzene rings is 2. The van der Waals surface area contributed by atoms with Crippen molar-refractivity contribution in [1.82, 2.24) is 14.5 Å². The number of para-hydroxylation sites is 1. The van der Waals surface area contributed by atoms with E-state index in [0.29, 0.717) is 0 Å². The van der Waals surface area contributed by atoms with Crippen LogP contribution in [0, 0.1) is 13.8 Å². The van der Waals surface area contributed by atoms with E-state index in [4.69, 9.17) is 9.97 Å². The Bertz CT molecular complexity index is 1870. The summed E-state index contributed by atoms with van der Waals surface area (Å²) in [6.07, 6.45) is 11.6. The molecule has 0 atom stereocenters. The first-order valence-corrected chi connectivity index (χ1v) is 17.3. The molecule has 0 fully saturated rings. The summed E-state index contributed by atoms with van der Waals surface area (Å²) in [6, 6.07) is 19.8. The van der Waals surface area contributed by atoms with Gasteiger partial charge in [0.15, 0.2) is 5.82 Å². The summed E-state index contributed by atoms with van der Waals surface area (Å²) in [6.45, 7) is 19.7. The first-order chi connectivity index (χ1) is 21.3. The Morgan fingerprint density at radius 2 is 1.80 bits per heavy atom. The quantitative estimate of drug-likeness (QED) is 0.109. The van der Waals surface area contributed by atoms with Crippen LogP contribution in [0.15, 0.2) is 89.2 Å². The summed E-state index contributed by atoms with van der Waals surface area (Å²) in [4.78, 5) is 15.2. The van der Waals surface area contributed by atoms with Gasteiger partial charge in [-0.3, -0.25) is 4.57 Å². The first-order valence-electron chi connectivity index (χ1n) is 15.7. The summed E-state index contributed by atoms with van der Waals surface area (Å²) >= 11 is 3.56. The molecule has 0 radical (unpaired) electrons. The minimum absolute atomic E-state index is 0.196. The van der Waals surface area contributed by atoms with Crippen molar-refractivity contribution in [3.05, 3.63) is 112 Å². The molecular formula is C39H43N3S2. The SMILES string of the molecule is C=C(/C=C\C)Sc1c(CCC)nc(C(C)C)nc1-n1c(-c2c(-c3ccccc3C)sc(C)c2/C=C\CC)cc2ccccc21. The van der Waals surface area contributed by atoms with Crippen molar-refractivity contribution < 1.29 is 0 Å². The van der Waals surface area contributed by atoms with Gasteiger partial charge in [0, 0.05) is 31.5 Å². The van der Waals surface area contributed by atoms with Crippen LogP contribution >= 0.6 is 23.1 Å². The number of rotatable bonds is 11. The number of thiophene rings is 1. The van der Waals surface area contributed by atoms with E-state index in [-0.39, 0.29) is 5.92 Å². The minimum atomic E-state index is 0.196. The molecule has 0 unspecified atom stereocenters. The van der Waals surface area contributed by atoms with Gasteiger partial charge in [0.1, 0.15) is 5.82 Å². The molecule has 3 aromatic heterocycles. The summed E-state index contributed by atoms with van der Waals surface area (Å²) in [5.41, 5.74) is 8.47. The van der Waals surface area contributed by atoms with Gasteiger partial charge in [-0.15, -0.1) is 11.3 Å². The number of thioether (sulfide) groups is 1. The zero-order chi connectivity index (χ0) is 31.4. The van der Waals surface area contributed by atoms with Gasteiger partial charge in [-0.1, -0.05) is 119 Å². The van der Waals surface area contributed by atoms with E-state index >= 15 is 0 Å². The zero-order valence-electron chi connectivity index (χ0n) is 27.1. The Hall–Kier alpha value is -3.67. The van der Waals surface area contributed by atoms with Gasteiger partial charge >= 0.3 is 0 Å². The molecule has 5 aromatic rings. The Labute approximate surface area is 271 Å². The highest BCUT2D eigenvalue weighted by atomic mass is 32.2. The van der Waals surface area contributed by atoms with Crippen LogP contribution in [0.25, 0.3) is 44.5 Å². The lowest BCUT2D eigenvalue weighted by atomic mass is 9.98. The number of fused-ring (bicyclic) bond motifs is 1. The summed E-state index contributed by atoms with van der Waals surface area (Å²) in [5, 5.41) is 1.19. The molecule has 44 heavy (non-hydrogen) atoms. The third-order valence-corrected chi connectivity index (χ3v) is 9.92. The lowest BCUT2D eigenvalue weighted by Crippen LogP contribution is -2.11. The topological polar surface area (TPSA) is 30.7 Å². The van der Waals surface area contributed by atoms with Crippen LogP contribution < -0.4 is 0 Å². The molecule has 2 aromatic carbocycles. The van der Waals surface area contributed by atoms with Gasteiger partial charge in [0.2, 0.25) is 0 Å². The third-order valence-electron chi connectivity index (χ3n) is 7.74. The van der Waals surface area contributed by atoms with Crippen molar-refractivity contribution in [2.24, 2.45) is 0 Å². The number of aryl methyl sites for hydroxylation is 3. The van der Waals surface area contributed by atoms with Crippen LogP contribution in [0.5, 0.6) is 0 Å². The second-order valence-electron chi connectivity index (χ2n) is 11.5. The molecule has 0 saturated heterocycles. The summed E-state index contributed by atoms with van der Waals surface area (Å²) < 4.78 is 2.40. The van der Waals surface area contributed by atoms with E-state index in [1.54, 1.807) is 11.8 Å². The monoisotopic (exact) mass is 617 g/mol. The lowest BCUT2D eigenvalue weighted by molar-refractivity contribution is 0.720. The molecule has 3 heterocycles. The molecular weight excluding hydrogens is 575 g/mol. The maximum atomic E-state index is 5.38. The van der Waals surface area contributed by atoms with Crippen LogP contribution in [-0.4, -0.2) is 14.5 Å². The molecule has 0 amide bonds. The highest BCUT2D eigenvalue weighted by Gasteiger charge is 2.27. The third kappa shape index (κ3) is 6.27. The Balaban J connectivity index is 1.95. The maximum Gasteiger partial charge on any atom is 0.155 e. The molecule has 0 spiro atoms. The molecule has 0 N–H and O–H groups in total. The number of hydrogen-bond donors (Lipinski definition) is 0. The molecule has 0 aliphatic carbocycles. The van der Waals surface area contributed by atoms with E-state index in [0.717, 1.165) is 57.6 Å². The number of allylic oxidation sites excluding steroid dienone is 3. The minimum Gasteiger partial charge on any atom is -0.293 e. The average molecular weight is 618 g/mol. The van der Waals surface area contributed by atoms with Crippen molar-refractivity contribution in [3.8, 4) is 27.5 Å². The van der Waals surface area contributed by atoms with Gasteiger partial charge < -0.3 is 0 Å². The van der Waals surface area contributed by atoms with Crippen LogP contribution in [0.4, 0.5) is 0 Å². The fourth-order valence-corrected chi connectivity index (χ4v) is 7.81. The van der Waals surface area contributed by atoms with E-state index < -0.39 is 0 Å². The van der Waals surface area contributed by atoms with Crippen LogP contribution in [0.2, 0.25) is 0 Å². The maximum absolute atomic E-state index is 5.38. The first kappa shape index (κ1) is 31.7. The van der Waals surface area contributed by atoms with Crippen molar-refractivity contribution in [2.75, 3.05) is 0 Å². The summed E-state index contributed by atoms with van der Waals surface area (Å²) in [5.74, 6) is 2.00. The predicted octanol–water partition coefficient (Wildman–Crippen LogP) is 12.1. The van der Waals surface area contributed by atoms with Crippen molar-refractivity contribution >= 4 is 40.1 Å². The number of nitrogens with zero attached hydrogens (tertiary/aromatic N) is 3. The van der Waals surface area contributed by atoms with E-state index in [1.165, 1.54) is 37.4 Å². The van der Waals surface area contributed by atoms with Crippen LogP contribution in [0.1, 0.15) is 80.9 Å². The number of aromatic nitrogens is 3. The summed E-state index contributed by atoms with van der Waals surface area (Å²) in [7, 11) is 0. The van der Waals surface area contributed by atoms with Crippen LogP contribution in [-0.2, 0) is 6.42 Å². The molecule has 5 rings (SSSR count). The van der Waals surface area contributed by atoms with Gasteiger partial charge in [-0.05, 0) is 62.4 Å². The molecule has 5 heteroatoms. The molecule has 0 aliphatic rings. The Morgan fingerprint density at radius 3 is 2.50 bits per heavy atom. The molecule has 226 valence electrons. The van der Waals surface area contributed by atoms with E-state index in [2.05, 4.69) is 126 Å². The second kappa shape index (κ2) is 14.0. The Kier molecular flexibility index (Phi) is 10.1. The highest BCUT2D eigenvalue weighted by Crippen LogP contribution is 2.48. The van der Waals surface area contributed by atoms with Gasteiger partial charge in [-0.2, -0.15) is 0 Å². The molecule has 0 saturated carbocycles. The lowest BCUT2D eigenvalue weighted by Gasteiger charge is -2.20. The van der Waals surface area contributed by atoms with E-state index in [1.807, 2.05) is 24.3 Å². The van der Waals surface area contributed by atoms with Gasteiger partial charge in [0.25, 0.3) is 0 Å². The van der Waals surface area contributed by atoms with Crippen LogP contribution in [0.3, 0.4) is 0 Å². The predicted molar refractivity (Wildman–Crippen MR) is 194 cm³/mol. The average Bonchev–Trinajstić information content (AvgIpc) is 3.54. The Morgan fingerprint density at radius 1 is 1.05 bits per heavy atom. The van der Waals surface area contributed by atoms with Crippen molar-refractivity contribution in [1.29, 1.82) is 0 Å². The van der Waals surface area contributed by atoms with Crippen molar-refractivity contribution in [2.45, 2.75) is 78.5 Å². The van der Waals surface area contributed by atoms with E-state index in [9.17, 15) is 0 Å². The smallest absolute Gasteiger partial charge is 0.155 e. The largest absolute Gasteiger partial charge is 0.293 e. The van der Waals surface area contributed by atoms with Crippen molar-refractivity contribution in [3.63, 3.8) is 0 Å². The van der Waals surface area contributed by atoms with Gasteiger partial charge in [0.05, 0.1) is 21.8 Å².